The summed E-state index contributed by atoms with van der Waals surface area (Å²) in [6.45, 7) is 0.668. The monoisotopic (exact) mass is 427 g/mol. The highest BCUT2D eigenvalue weighted by atomic mass is 32.2. The van der Waals surface area contributed by atoms with Crippen LogP contribution in [-0.2, 0) is 9.84 Å². The molecule has 156 valence electrons. The highest BCUT2D eigenvalue weighted by Crippen LogP contribution is 2.33. The fourth-order valence-electron chi connectivity index (χ4n) is 4.14. The molecule has 4 rings (SSSR count). The van der Waals surface area contributed by atoms with Crippen molar-refractivity contribution in [3.63, 3.8) is 0 Å². The number of rotatable bonds is 3. The maximum atomic E-state index is 13.0. The molecule has 0 spiro atoms. The van der Waals surface area contributed by atoms with Gasteiger partial charge in [-0.05, 0) is 37.1 Å². The van der Waals surface area contributed by atoms with E-state index in [-0.39, 0.29) is 39.7 Å². The standard InChI is InChI=1S/C22H21NO6S/c1-29-18-5-3-4-16-19(18)21(25)15-7-6-13(12-17(15)20(16)24)22(26)23-10-8-14(9-11-23)30(2,27)28/h3-7,12,14H,8-11H2,1-2H3. The van der Waals surface area contributed by atoms with Crippen LogP contribution in [0, 0.1) is 0 Å². The summed E-state index contributed by atoms with van der Waals surface area (Å²) in [6.07, 6.45) is 1.99. The lowest BCUT2D eigenvalue weighted by Gasteiger charge is -2.31. The molecule has 30 heavy (non-hydrogen) atoms. The Kier molecular flexibility index (Phi) is 4.97. The Hall–Kier alpha value is -3.00. The van der Waals surface area contributed by atoms with Gasteiger partial charge in [0.05, 0.1) is 17.9 Å². The Morgan fingerprint density at radius 2 is 1.70 bits per heavy atom. The van der Waals surface area contributed by atoms with Crippen molar-refractivity contribution in [2.24, 2.45) is 0 Å². The Balaban J connectivity index is 1.63. The average Bonchev–Trinajstić information content (AvgIpc) is 2.75. The summed E-state index contributed by atoms with van der Waals surface area (Å²) in [5.74, 6) is -0.583. The number of ether oxygens (including phenoxy) is 1. The second-order valence-electron chi connectivity index (χ2n) is 7.62. The lowest BCUT2D eigenvalue weighted by atomic mass is 9.82. The molecule has 0 radical (unpaired) electrons. The first kappa shape index (κ1) is 20.3. The topological polar surface area (TPSA) is 97.8 Å². The molecule has 0 atom stereocenters. The number of methoxy groups -OCH3 is 1. The molecule has 2 aromatic rings. The maximum absolute atomic E-state index is 13.0. The van der Waals surface area contributed by atoms with Crippen molar-refractivity contribution in [1.29, 1.82) is 0 Å². The van der Waals surface area contributed by atoms with Crippen LogP contribution in [-0.4, -0.2) is 62.5 Å². The second kappa shape index (κ2) is 7.36. The molecule has 0 bridgehead atoms. The van der Waals surface area contributed by atoms with Crippen molar-refractivity contribution >= 4 is 27.3 Å². The van der Waals surface area contributed by atoms with Gasteiger partial charge >= 0.3 is 0 Å². The summed E-state index contributed by atoms with van der Waals surface area (Å²) in [4.78, 5) is 40.5. The highest BCUT2D eigenvalue weighted by Gasteiger charge is 2.34. The summed E-state index contributed by atoms with van der Waals surface area (Å²) in [7, 11) is -1.69. The van der Waals surface area contributed by atoms with Crippen LogP contribution >= 0.6 is 0 Å². The summed E-state index contributed by atoms with van der Waals surface area (Å²) in [6, 6.07) is 9.35. The lowest BCUT2D eigenvalue weighted by molar-refractivity contribution is 0.0725. The van der Waals surface area contributed by atoms with E-state index in [0.717, 1.165) is 0 Å². The smallest absolute Gasteiger partial charge is 0.253 e. The van der Waals surface area contributed by atoms with E-state index in [1.807, 2.05) is 0 Å². The minimum atomic E-state index is -3.13. The van der Waals surface area contributed by atoms with Crippen LogP contribution in [0.25, 0.3) is 0 Å². The summed E-state index contributed by atoms with van der Waals surface area (Å²) in [5, 5.41) is -0.434. The molecule has 1 amide bonds. The number of hydrogen-bond donors (Lipinski definition) is 0. The number of carbonyl (C=O) groups is 3. The average molecular weight is 427 g/mol. The number of nitrogens with zero attached hydrogens (tertiary/aromatic N) is 1. The number of likely N-dealkylation sites (tertiary alicyclic amines) is 1. The molecule has 1 aliphatic heterocycles. The van der Waals surface area contributed by atoms with Crippen LogP contribution in [0.1, 0.15) is 55.0 Å². The Labute approximate surface area is 174 Å². The van der Waals surface area contributed by atoms with E-state index in [9.17, 15) is 22.8 Å². The number of hydrogen-bond acceptors (Lipinski definition) is 6. The molecule has 1 heterocycles. The molecule has 1 saturated heterocycles. The van der Waals surface area contributed by atoms with Gasteiger partial charge in [0, 0.05) is 41.6 Å². The summed E-state index contributed by atoms with van der Waals surface area (Å²) >= 11 is 0. The third-order valence-electron chi connectivity index (χ3n) is 5.81. The van der Waals surface area contributed by atoms with Crippen molar-refractivity contribution in [1.82, 2.24) is 4.90 Å². The van der Waals surface area contributed by atoms with Crippen LogP contribution < -0.4 is 4.74 Å². The van der Waals surface area contributed by atoms with Gasteiger partial charge in [0.25, 0.3) is 5.91 Å². The molecule has 0 unspecified atom stereocenters. The molecule has 0 N–H and O–H groups in total. The van der Waals surface area contributed by atoms with Gasteiger partial charge in [-0.25, -0.2) is 8.42 Å². The SMILES string of the molecule is COc1cccc2c1C(=O)c1ccc(C(=O)N3CCC(S(C)(=O)=O)CC3)cc1C2=O. The molecule has 1 aliphatic carbocycles. The zero-order chi connectivity index (χ0) is 21.6. The second-order valence-corrected chi connectivity index (χ2v) is 9.95. The lowest BCUT2D eigenvalue weighted by Crippen LogP contribution is -2.42. The van der Waals surface area contributed by atoms with Crippen molar-refractivity contribution in [3.05, 3.63) is 64.2 Å². The number of piperidine rings is 1. The molecular formula is C22H21NO6S. The Morgan fingerprint density at radius 1 is 1.00 bits per heavy atom. The van der Waals surface area contributed by atoms with Gasteiger partial charge in [-0.1, -0.05) is 12.1 Å². The van der Waals surface area contributed by atoms with E-state index in [4.69, 9.17) is 4.74 Å². The van der Waals surface area contributed by atoms with E-state index in [0.29, 0.717) is 37.2 Å². The molecule has 8 heteroatoms. The molecule has 2 aliphatic rings. The van der Waals surface area contributed by atoms with Gasteiger partial charge < -0.3 is 9.64 Å². The van der Waals surface area contributed by atoms with Crippen molar-refractivity contribution in [2.75, 3.05) is 26.5 Å². The molecular weight excluding hydrogens is 406 g/mol. The van der Waals surface area contributed by atoms with E-state index in [1.165, 1.54) is 31.6 Å². The minimum absolute atomic E-state index is 0.192. The van der Waals surface area contributed by atoms with Gasteiger partial charge in [0.1, 0.15) is 15.6 Å². The zero-order valence-electron chi connectivity index (χ0n) is 16.7. The first-order valence-corrected chi connectivity index (χ1v) is 11.6. The number of carbonyl (C=O) groups excluding carboxylic acids is 3. The number of fused-ring (bicyclic) bond motifs is 2. The summed E-state index contributed by atoms with van der Waals surface area (Å²) in [5.41, 5.74) is 1.23. The van der Waals surface area contributed by atoms with E-state index in [1.54, 1.807) is 23.1 Å². The molecule has 2 aromatic carbocycles. The van der Waals surface area contributed by atoms with Gasteiger partial charge in [0.2, 0.25) is 0 Å². The molecule has 0 aromatic heterocycles. The number of sulfone groups is 1. The van der Waals surface area contributed by atoms with Crippen LogP contribution in [0.4, 0.5) is 0 Å². The van der Waals surface area contributed by atoms with Crippen molar-refractivity contribution < 1.29 is 27.5 Å². The quantitative estimate of drug-likeness (QED) is 0.635. The van der Waals surface area contributed by atoms with Crippen LogP contribution in [0.3, 0.4) is 0 Å². The van der Waals surface area contributed by atoms with Crippen LogP contribution in [0.15, 0.2) is 36.4 Å². The Bertz CT molecular complexity index is 1180. The molecule has 0 saturated carbocycles. The fourth-order valence-corrected chi connectivity index (χ4v) is 5.20. The van der Waals surface area contributed by atoms with E-state index < -0.39 is 15.1 Å². The number of ketones is 2. The van der Waals surface area contributed by atoms with E-state index in [2.05, 4.69) is 0 Å². The van der Waals surface area contributed by atoms with Crippen molar-refractivity contribution in [3.8, 4) is 5.75 Å². The number of amides is 1. The third-order valence-corrected chi connectivity index (χ3v) is 7.49. The normalized spacial score (nSPS) is 16.8. The third kappa shape index (κ3) is 3.31. The first-order chi connectivity index (χ1) is 14.2. The zero-order valence-corrected chi connectivity index (χ0v) is 17.5. The van der Waals surface area contributed by atoms with E-state index >= 15 is 0 Å². The molecule has 7 nitrogen and oxygen atoms in total. The Morgan fingerprint density at radius 3 is 2.33 bits per heavy atom. The van der Waals surface area contributed by atoms with Gasteiger partial charge in [-0.3, -0.25) is 14.4 Å². The summed E-state index contributed by atoms with van der Waals surface area (Å²) < 4.78 is 28.7. The largest absolute Gasteiger partial charge is 0.496 e. The first-order valence-electron chi connectivity index (χ1n) is 9.61. The van der Waals surface area contributed by atoms with Crippen LogP contribution in [0.2, 0.25) is 0 Å². The van der Waals surface area contributed by atoms with Gasteiger partial charge in [-0.2, -0.15) is 0 Å². The van der Waals surface area contributed by atoms with Gasteiger partial charge in [0.15, 0.2) is 11.6 Å². The van der Waals surface area contributed by atoms with Crippen molar-refractivity contribution in [2.45, 2.75) is 18.1 Å². The maximum Gasteiger partial charge on any atom is 0.253 e. The van der Waals surface area contributed by atoms with Gasteiger partial charge in [-0.15, -0.1) is 0 Å². The minimum Gasteiger partial charge on any atom is -0.496 e. The number of benzene rings is 2. The molecule has 1 fully saturated rings. The fraction of sp³-hybridized carbons (Fsp3) is 0.318. The highest BCUT2D eigenvalue weighted by molar-refractivity contribution is 7.91. The predicted molar refractivity (Wildman–Crippen MR) is 110 cm³/mol. The van der Waals surface area contributed by atoms with Crippen LogP contribution in [0.5, 0.6) is 5.75 Å². The predicted octanol–water partition coefficient (Wildman–Crippen LogP) is 2.12.